The van der Waals surface area contributed by atoms with Crippen molar-refractivity contribution in [2.75, 3.05) is 0 Å². The largest absolute Gasteiger partial charge is 0.433 e. The fraction of sp³-hybridized carbons (Fsp3) is 0.333. The predicted octanol–water partition coefficient (Wildman–Crippen LogP) is 3.16. The maximum absolute atomic E-state index is 14.0. The van der Waals surface area contributed by atoms with E-state index in [0.717, 1.165) is 18.9 Å². The molecule has 2 heterocycles. The minimum atomic E-state index is -4.88. The number of nitrogens with zero attached hydrogens (tertiary/aromatic N) is 1. The minimum absolute atomic E-state index is 0.0773. The lowest BCUT2D eigenvalue weighted by atomic mass is 9.94. The van der Waals surface area contributed by atoms with Gasteiger partial charge in [-0.05, 0) is 36.6 Å². The van der Waals surface area contributed by atoms with Crippen LogP contribution in [0.3, 0.4) is 0 Å². The third-order valence-corrected chi connectivity index (χ3v) is 3.80. The smallest absolute Gasteiger partial charge is 0.345 e. The van der Waals surface area contributed by atoms with Crippen molar-refractivity contribution in [3.8, 4) is 11.8 Å². The van der Waals surface area contributed by atoms with Crippen molar-refractivity contribution in [1.82, 2.24) is 9.97 Å². The van der Waals surface area contributed by atoms with Crippen molar-refractivity contribution in [3.05, 3.63) is 64.3 Å². The van der Waals surface area contributed by atoms with Crippen molar-refractivity contribution < 1.29 is 17.9 Å². The molecule has 7 heteroatoms. The molecule has 0 aliphatic heterocycles. The molecule has 0 aromatic carbocycles. The van der Waals surface area contributed by atoms with Crippen LogP contribution in [0.25, 0.3) is 0 Å². The monoisotopic (exact) mass is 348 g/mol. The molecule has 1 N–H and O–H groups in total. The molecule has 1 atom stereocenters. The van der Waals surface area contributed by atoms with Gasteiger partial charge in [0, 0.05) is 24.5 Å². The summed E-state index contributed by atoms with van der Waals surface area (Å²) in [4.78, 5) is 18.2. The van der Waals surface area contributed by atoms with E-state index in [1.807, 2.05) is 0 Å². The molecule has 1 unspecified atom stereocenters. The van der Waals surface area contributed by atoms with Crippen LogP contribution in [0.4, 0.5) is 13.2 Å². The predicted molar refractivity (Wildman–Crippen MR) is 84.3 cm³/mol. The van der Waals surface area contributed by atoms with E-state index < -0.39 is 22.9 Å². The molecule has 0 radical (unpaired) electrons. The van der Waals surface area contributed by atoms with Crippen LogP contribution in [0, 0.1) is 17.8 Å². The number of hydrogen-bond acceptors (Lipinski definition) is 3. The summed E-state index contributed by atoms with van der Waals surface area (Å²) in [6.45, 7) is -0.374. The third kappa shape index (κ3) is 3.74. The summed E-state index contributed by atoms with van der Waals surface area (Å²) in [6.07, 6.45) is 0.817. The topological polar surface area (TPSA) is 55.0 Å². The number of hydrogen-bond donors (Lipinski definition) is 1. The zero-order chi connectivity index (χ0) is 17.9. The van der Waals surface area contributed by atoms with E-state index in [2.05, 4.69) is 21.8 Å². The molecule has 3 rings (SSSR count). The second-order valence-corrected chi connectivity index (χ2v) is 5.79. The lowest BCUT2D eigenvalue weighted by Crippen LogP contribution is -2.47. The average Bonchev–Trinajstić information content (AvgIpc) is 3.40. The maximum Gasteiger partial charge on any atom is 0.433 e. The van der Waals surface area contributed by atoms with E-state index in [1.54, 1.807) is 12.1 Å². The van der Waals surface area contributed by atoms with Crippen LogP contribution < -0.4 is 5.56 Å². The first-order chi connectivity index (χ1) is 11.9. The summed E-state index contributed by atoms with van der Waals surface area (Å²) in [5.74, 6) is 4.75. The molecule has 25 heavy (non-hydrogen) atoms. The molecule has 1 fully saturated rings. The van der Waals surface area contributed by atoms with Gasteiger partial charge in [-0.25, -0.2) is 0 Å². The Morgan fingerprint density at radius 2 is 2.08 bits per heavy atom. The number of aromatic nitrogens is 2. The molecule has 1 aliphatic carbocycles. The molecule has 4 nitrogen and oxygen atoms in total. The zero-order valence-corrected chi connectivity index (χ0v) is 13.1. The fourth-order valence-electron chi connectivity index (χ4n) is 2.29. The van der Waals surface area contributed by atoms with Gasteiger partial charge in [-0.1, -0.05) is 17.9 Å². The van der Waals surface area contributed by atoms with Gasteiger partial charge in [0.2, 0.25) is 0 Å². The first-order valence-corrected chi connectivity index (χ1v) is 7.73. The lowest BCUT2D eigenvalue weighted by molar-refractivity contribution is -0.263. The van der Waals surface area contributed by atoms with E-state index in [4.69, 9.17) is 4.74 Å². The highest BCUT2D eigenvalue weighted by Gasteiger charge is 2.58. The number of nitrogens with one attached hydrogen (secondary N) is 1. The number of aromatic amines is 1. The standard InChI is InChI=1S/C18H15F3N2O2/c19-18(20,21)17(8-7-13-5-6-13,15-4-2-10-23-16(15)24)25-12-14-3-1-9-22-11-14/h1-4,9-11,13H,5-6,12H2,(H,23,24). The zero-order valence-electron chi connectivity index (χ0n) is 13.1. The Morgan fingerprint density at radius 1 is 1.28 bits per heavy atom. The third-order valence-electron chi connectivity index (χ3n) is 3.80. The number of rotatable bonds is 4. The highest BCUT2D eigenvalue weighted by Crippen LogP contribution is 2.42. The first kappa shape index (κ1) is 17.2. The summed E-state index contributed by atoms with van der Waals surface area (Å²) < 4.78 is 47.3. The van der Waals surface area contributed by atoms with Crippen molar-refractivity contribution >= 4 is 0 Å². The quantitative estimate of drug-likeness (QED) is 0.864. The van der Waals surface area contributed by atoms with Gasteiger partial charge in [0.05, 0.1) is 12.2 Å². The Bertz CT molecular complexity index is 848. The summed E-state index contributed by atoms with van der Waals surface area (Å²) in [7, 11) is 0. The number of ether oxygens (including phenoxy) is 1. The Kier molecular flexibility index (Phi) is 4.64. The molecule has 2 aromatic rings. The molecule has 0 amide bonds. The highest BCUT2D eigenvalue weighted by molar-refractivity contribution is 5.34. The van der Waals surface area contributed by atoms with E-state index in [-0.39, 0.29) is 12.5 Å². The van der Waals surface area contributed by atoms with Crippen LogP contribution in [0.5, 0.6) is 0 Å². The number of pyridine rings is 2. The summed E-state index contributed by atoms with van der Waals surface area (Å²) in [5.41, 5.74) is -3.98. The van der Waals surface area contributed by atoms with Crippen LogP contribution in [-0.2, 0) is 16.9 Å². The average molecular weight is 348 g/mol. The van der Waals surface area contributed by atoms with Crippen LogP contribution in [0.15, 0.2) is 47.7 Å². The molecule has 0 bridgehead atoms. The molecular weight excluding hydrogens is 333 g/mol. The number of halogens is 3. The second-order valence-electron chi connectivity index (χ2n) is 5.79. The summed E-state index contributed by atoms with van der Waals surface area (Å²) in [6, 6.07) is 5.61. The van der Waals surface area contributed by atoms with Crippen LogP contribution in [0.1, 0.15) is 24.0 Å². The lowest BCUT2D eigenvalue weighted by Gasteiger charge is -2.30. The normalized spacial score (nSPS) is 16.6. The molecule has 1 saturated carbocycles. The SMILES string of the molecule is O=c1[nH]cccc1C(C#CC1CC1)(OCc1cccnc1)C(F)(F)F. The van der Waals surface area contributed by atoms with E-state index >= 15 is 0 Å². The second kappa shape index (κ2) is 6.73. The molecule has 1 aliphatic rings. The van der Waals surface area contributed by atoms with Crippen LogP contribution >= 0.6 is 0 Å². The molecule has 0 spiro atoms. The van der Waals surface area contributed by atoms with Gasteiger partial charge < -0.3 is 9.72 Å². The first-order valence-electron chi connectivity index (χ1n) is 7.73. The van der Waals surface area contributed by atoms with Gasteiger partial charge in [0.25, 0.3) is 11.2 Å². The van der Waals surface area contributed by atoms with Crippen LogP contribution in [-0.4, -0.2) is 16.1 Å². The Labute approximate surface area is 142 Å². The van der Waals surface area contributed by atoms with E-state index in [1.165, 1.54) is 24.7 Å². The summed E-state index contributed by atoms with van der Waals surface area (Å²) >= 11 is 0. The molecule has 130 valence electrons. The van der Waals surface area contributed by atoms with E-state index in [0.29, 0.717) is 5.56 Å². The van der Waals surface area contributed by atoms with Gasteiger partial charge in [0.1, 0.15) is 0 Å². The maximum atomic E-state index is 14.0. The fourth-order valence-corrected chi connectivity index (χ4v) is 2.29. The Hall–Kier alpha value is -2.59. The van der Waals surface area contributed by atoms with Crippen molar-refractivity contribution in [1.29, 1.82) is 0 Å². The van der Waals surface area contributed by atoms with Gasteiger partial charge in [-0.3, -0.25) is 9.78 Å². The van der Waals surface area contributed by atoms with E-state index in [9.17, 15) is 18.0 Å². The minimum Gasteiger partial charge on any atom is -0.345 e. The van der Waals surface area contributed by atoms with Gasteiger partial charge in [-0.2, -0.15) is 13.2 Å². The molecule has 2 aromatic heterocycles. The molecular formula is C18H15F3N2O2. The van der Waals surface area contributed by atoms with Gasteiger partial charge in [-0.15, -0.1) is 0 Å². The summed E-state index contributed by atoms with van der Waals surface area (Å²) in [5, 5.41) is 0. The van der Waals surface area contributed by atoms with Crippen molar-refractivity contribution in [2.24, 2.45) is 5.92 Å². The van der Waals surface area contributed by atoms with Crippen molar-refractivity contribution in [3.63, 3.8) is 0 Å². The number of alkyl halides is 3. The van der Waals surface area contributed by atoms with Gasteiger partial charge >= 0.3 is 6.18 Å². The highest BCUT2D eigenvalue weighted by atomic mass is 19.4. The van der Waals surface area contributed by atoms with Crippen molar-refractivity contribution in [2.45, 2.75) is 31.2 Å². The van der Waals surface area contributed by atoms with Gasteiger partial charge in [0.15, 0.2) is 0 Å². The molecule has 0 saturated heterocycles. The van der Waals surface area contributed by atoms with Crippen LogP contribution in [0.2, 0.25) is 0 Å². The Morgan fingerprint density at radius 3 is 2.68 bits per heavy atom. The number of H-pyrrole nitrogens is 1. The Balaban J connectivity index is 2.06.